The van der Waals surface area contributed by atoms with Crippen LogP contribution in [0.15, 0.2) is 42.6 Å². The van der Waals surface area contributed by atoms with Crippen LogP contribution in [0.1, 0.15) is 36.0 Å². The number of nitrogens with one attached hydrogen (secondary N) is 1. The monoisotopic (exact) mass is 418 g/mol. The van der Waals surface area contributed by atoms with Gasteiger partial charge in [0.1, 0.15) is 12.4 Å². The van der Waals surface area contributed by atoms with Gasteiger partial charge in [-0.1, -0.05) is 18.2 Å². The highest BCUT2D eigenvalue weighted by Gasteiger charge is 2.27. The van der Waals surface area contributed by atoms with Crippen LogP contribution in [0.5, 0.6) is 0 Å². The van der Waals surface area contributed by atoms with Gasteiger partial charge in [-0.2, -0.15) is 0 Å². The first-order chi connectivity index (χ1) is 15.2. The maximum absolute atomic E-state index is 13.0. The lowest BCUT2D eigenvalue weighted by Crippen LogP contribution is -2.47. The number of para-hydroxylation sites is 2. The summed E-state index contributed by atoms with van der Waals surface area (Å²) in [5, 5.41) is 3.31. The summed E-state index contributed by atoms with van der Waals surface area (Å²) < 4.78 is 2.11. The summed E-state index contributed by atoms with van der Waals surface area (Å²) in [6, 6.07) is 12.6. The first-order valence-electron chi connectivity index (χ1n) is 11.3. The number of rotatable bonds is 5. The van der Waals surface area contributed by atoms with Crippen LogP contribution in [0.3, 0.4) is 0 Å². The topological polar surface area (TPSA) is 66.3 Å². The summed E-state index contributed by atoms with van der Waals surface area (Å²) in [5.74, 6) is 1.11. The second-order valence-electron chi connectivity index (χ2n) is 8.60. The Morgan fingerprint density at radius 2 is 2.03 bits per heavy atom. The molecule has 0 bridgehead atoms. The number of hydrogen-bond donors (Lipinski definition) is 1. The Kier molecular flexibility index (Phi) is 5.70. The van der Waals surface area contributed by atoms with Gasteiger partial charge in [0.25, 0.3) is 0 Å². The number of aryl methyl sites for hydroxylation is 1. The van der Waals surface area contributed by atoms with Crippen molar-refractivity contribution < 1.29 is 4.79 Å². The molecule has 162 valence electrons. The third kappa shape index (κ3) is 4.07. The van der Waals surface area contributed by atoms with Crippen LogP contribution in [0.4, 0.5) is 0 Å². The van der Waals surface area contributed by atoms with E-state index < -0.39 is 0 Å². The fraction of sp³-hybridized carbons (Fsp3) is 0.458. The van der Waals surface area contributed by atoms with Crippen molar-refractivity contribution in [1.82, 2.24) is 29.7 Å². The minimum Gasteiger partial charge on any atom is -0.339 e. The van der Waals surface area contributed by atoms with Crippen molar-refractivity contribution in [3.8, 4) is 0 Å². The molecular formula is C24H30N6O. The maximum Gasteiger partial charge on any atom is 0.242 e. The van der Waals surface area contributed by atoms with E-state index in [2.05, 4.69) is 34.0 Å². The van der Waals surface area contributed by atoms with Gasteiger partial charge in [-0.05, 0) is 50.1 Å². The molecular weight excluding hydrogens is 388 g/mol. The molecule has 1 amide bonds. The van der Waals surface area contributed by atoms with Crippen LogP contribution in [0.2, 0.25) is 0 Å². The molecule has 2 aliphatic rings. The first kappa shape index (κ1) is 20.2. The van der Waals surface area contributed by atoms with Crippen molar-refractivity contribution in [3.63, 3.8) is 0 Å². The molecule has 1 atom stereocenters. The molecule has 1 aliphatic carbocycles. The summed E-state index contributed by atoms with van der Waals surface area (Å²) in [5.41, 5.74) is 4.52. The lowest BCUT2D eigenvalue weighted by molar-refractivity contribution is -0.132. The van der Waals surface area contributed by atoms with E-state index in [0.29, 0.717) is 13.1 Å². The van der Waals surface area contributed by atoms with E-state index in [1.54, 1.807) is 0 Å². The van der Waals surface area contributed by atoms with E-state index >= 15 is 0 Å². The molecule has 1 aliphatic heterocycles. The first-order valence-corrected chi connectivity index (χ1v) is 11.3. The number of amides is 1. The van der Waals surface area contributed by atoms with Crippen molar-refractivity contribution in [3.05, 3.63) is 59.7 Å². The Hall–Kier alpha value is -2.77. The molecule has 0 spiro atoms. The van der Waals surface area contributed by atoms with Crippen molar-refractivity contribution in [1.29, 1.82) is 0 Å². The number of benzene rings is 1. The molecule has 3 heterocycles. The Bertz CT molecular complexity index is 1070. The van der Waals surface area contributed by atoms with Crippen molar-refractivity contribution >= 4 is 16.9 Å². The number of pyridine rings is 1. The lowest BCUT2D eigenvalue weighted by Gasteiger charge is -2.32. The molecule has 1 N–H and O–H groups in total. The van der Waals surface area contributed by atoms with Crippen LogP contribution in [-0.2, 0) is 24.3 Å². The zero-order chi connectivity index (χ0) is 21.2. The van der Waals surface area contributed by atoms with Gasteiger partial charge in [-0.3, -0.25) is 14.7 Å². The standard InChI is InChI=1S/C24H30N6O/c1-28(21-10-4-6-18-7-5-11-26-24(18)21)16-22-27-19-8-2-3-9-20(19)30(22)17-23(31)29-14-12-25-13-15-29/h2-3,5,7-9,11,21,25H,4,6,10,12-17H2,1H3. The molecule has 5 rings (SSSR count). The minimum absolute atomic E-state index is 0.165. The average Bonchev–Trinajstić information content (AvgIpc) is 3.16. The molecule has 1 aromatic carbocycles. The normalized spacial score (nSPS) is 19.0. The van der Waals surface area contributed by atoms with Crippen LogP contribution in [0, 0.1) is 0 Å². The number of piperazine rings is 1. The lowest BCUT2D eigenvalue weighted by atomic mass is 9.91. The fourth-order valence-electron chi connectivity index (χ4n) is 4.92. The van der Waals surface area contributed by atoms with Crippen LogP contribution in [0.25, 0.3) is 11.0 Å². The van der Waals surface area contributed by atoms with Crippen LogP contribution in [-0.4, -0.2) is 63.5 Å². The van der Waals surface area contributed by atoms with E-state index in [0.717, 1.165) is 55.9 Å². The maximum atomic E-state index is 13.0. The van der Waals surface area contributed by atoms with Crippen molar-refractivity contribution in [2.24, 2.45) is 0 Å². The molecule has 1 fully saturated rings. The molecule has 1 unspecified atom stereocenters. The number of nitrogens with zero attached hydrogens (tertiary/aromatic N) is 5. The Labute approximate surface area is 183 Å². The van der Waals surface area contributed by atoms with Gasteiger partial charge in [-0.15, -0.1) is 0 Å². The molecule has 3 aromatic rings. The van der Waals surface area contributed by atoms with Gasteiger partial charge in [-0.25, -0.2) is 4.98 Å². The van der Waals surface area contributed by atoms with Gasteiger partial charge in [0.2, 0.25) is 5.91 Å². The molecule has 2 aromatic heterocycles. The molecule has 1 saturated heterocycles. The van der Waals surface area contributed by atoms with E-state index in [-0.39, 0.29) is 11.9 Å². The summed E-state index contributed by atoms with van der Waals surface area (Å²) in [6.07, 6.45) is 5.27. The molecule has 7 nitrogen and oxygen atoms in total. The average molecular weight is 419 g/mol. The molecule has 0 radical (unpaired) electrons. The summed E-state index contributed by atoms with van der Waals surface area (Å²) >= 11 is 0. The van der Waals surface area contributed by atoms with Crippen LogP contribution >= 0.6 is 0 Å². The summed E-state index contributed by atoms with van der Waals surface area (Å²) in [7, 11) is 2.15. The smallest absolute Gasteiger partial charge is 0.242 e. The molecule has 0 saturated carbocycles. The zero-order valence-corrected chi connectivity index (χ0v) is 18.1. The van der Waals surface area contributed by atoms with E-state index in [4.69, 9.17) is 9.97 Å². The van der Waals surface area contributed by atoms with Gasteiger partial charge in [0, 0.05) is 32.4 Å². The fourth-order valence-corrected chi connectivity index (χ4v) is 4.92. The van der Waals surface area contributed by atoms with Gasteiger partial charge in [0.15, 0.2) is 0 Å². The van der Waals surface area contributed by atoms with Crippen molar-refractivity contribution in [2.45, 2.75) is 38.4 Å². The van der Waals surface area contributed by atoms with E-state index in [1.165, 1.54) is 17.7 Å². The quantitative estimate of drug-likeness (QED) is 0.689. The summed E-state index contributed by atoms with van der Waals surface area (Å²) in [6.45, 7) is 4.28. The number of fused-ring (bicyclic) bond motifs is 2. The Morgan fingerprint density at radius 1 is 1.19 bits per heavy atom. The Balaban J connectivity index is 1.42. The van der Waals surface area contributed by atoms with Crippen LogP contribution < -0.4 is 5.32 Å². The third-order valence-corrected chi connectivity index (χ3v) is 6.58. The predicted molar refractivity (Wildman–Crippen MR) is 121 cm³/mol. The second-order valence-corrected chi connectivity index (χ2v) is 8.60. The highest BCUT2D eigenvalue weighted by molar-refractivity contribution is 5.81. The SMILES string of the molecule is CN(Cc1nc2ccccc2n1CC(=O)N1CCNCC1)C1CCCc2cccnc21. The minimum atomic E-state index is 0.165. The van der Waals surface area contributed by atoms with Gasteiger partial charge >= 0.3 is 0 Å². The molecule has 31 heavy (non-hydrogen) atoms. The Morgan fingerprint density at radius 3 is 2.90 bits per heavy atom. The number of carbonyl (C=O) groups is 1. The third-order valence-electron chi connectivity index (χ3n) is 6.58. The number of aromatic nitrogens is 3. The van der Waals surface area contributed by atoms with Gasteiger partial charge in [0.05, 0.1) is 29.3 Å². The number of imidazole rings is 1. The van der Waals surface area contributed by atoms with E-state index in [1.807, 2.05) is 35.4 Å². The van der Waals surface area contributed by atoms with Gasteiger partial charge < -0.3 is 14.8 Å². The number of hydrogen-bond acceptors (Lipinski definition) is 5. The zero-order valence-electron chi connectivity index (χ0n) is 18.1. The number of carbonyl (C=O) groups excluding carboxylic acids is 1. The highest BCUT2D eigenvalue weighted by atomic mass is 16.2. The second kappa shape index (κ2) is 8.77. The highest BCUT2D eigenvalue weighted by Crippen LogP contribution is 2.33. The van der Waals surface area contributed by atoms with E-state index in [9.17, 15) is 4.79 Å². The largest absolute Gasteiger partial charge is 0.339 e. The molecule has 7 heteroatoms. The predicted octanol–water partition coefficient (Wildman–Crippen LogP) is 2.37. The van der Waals surface area contributed by atoms with Crippen molar-refractivity contribution in [2.75, 3.05) is 33.2 Å². The summed E-state index contributed by atoms with van der Waals surface area (Å²) in [4.78, 5) is 27.0.